The van der Waals surface area contributed by atoms with Gasteiger partial charge in [-0.3, -0.25) is 0 Å². The van der Waals surface area contributed by atoms with Gasteiger partial charge in [-0.25, -0.2) is 0 Å². The van der Waals surface area contributed by atoms with Crippen LogP contribution in [-0.2, 0) is 20.8 Å². The Hall–Kier alpha value is -0.900. The van der Waals surface area contributed by atoms with Gasteiger partial charge >= 0.3 is 0 Å². The largest absolute Gasteiger partial charge is 0.370 e. The Kier molecular flexibility index (Phi) is 4.33. The quantitative estimate of drug-likeness (QED) is 0.773. The Bertz CT molecular complexity index is 539. The van der Waals surface area contributed by atoms with E-state index >= 15 is 0 Å². The lowest BCUT2D eigenvalue weighted by Gasteiger charge is -2.42. The van der Waals surface area contributed by atoms with E-state index in [-0.39, 0.29) is 29.0 Å². The molecule has 2 aliphatic rings. The van der Waals surface area contributed by atoms with Crippen molar-refractivity contribution in [3.63, 3.8) is 0 Å². The fraction of sp³-hybridized carbons (Fsp3) is 0.700. The zero-order valence-corrected chi connectivity index (χ0v) is 15.1. The third kappa shape index (κ3) is 3.07. The van der Waals surface area contributed by atoms with Crippen LogP contribution in [0.2, 0.25) is 0 Å². The second kappa shape index (κ2) is 5.87. The summed E-state index contributed by atoms with van der Waals surface area (Å²) in [4.78, 5) is 0. The summed E-state index contributed by atoms with van der Waals surface area (Å²) < 4.78 is 19.1. The van der Waals surface area contributed by atoms with Crippen LogP contribution in [0, 0.1) is 0 Å². The van der Waals surface area contributed by atoms with Gasteiger partial charge in [-0.1, -0.05) is 30.3 Å². The average Bonchev–Trinajstić information content (AvgIpc) is 2.97. The number of hydrogen-bond donors (Lipinski definition) is 0. The molecule has 0 aliphatic carbocycles. The van der Waals surface area contributed by atoms with Crippen LogP contribution in [0.3, 0.4) is 0 Å². The van der Waals surface area contributed by atoms with Crippen molar-refractivity contribution < 1.29 is 14.2 Å². The summed E-state index contributed by atoms with van der Waals surface area (Å²) in [6.45, 7) is 11.3. The Labute approximate surface area is 140 Å². The maximum absolute atomic E-state index is 6.56. The number of ether oxygens (including phenoxy) is 3. The van der Waals surface area contributed by atoms with Gasteiger partial charge in [-0.05, 0) is 53.0 Å². The van der Waals surface area contributed by atoms with Gasteiger partial charge in [-0.15, -0.1) is 0 Å². The minimum atomic E-state index is -0.302. The standard InChI is InChI=1S/C20H30O3/c1-15(2)22-18(3,4)20-12-11-19(5,23-20)17(13-20)21-14-16-9-7-6-8-10-16/h6-10,15,17H,11-14H2,1-5H3. The fourth-order valence-electron chi connectivity index (χ4n) is 4.26. The first kappa shape index (κ1) is 16.9. The molecule has 128 valence electrons. The first-order valence-corrected chi connectivity index (χ1v) is 8.80. The summed E-state index contributed by atoms with van der Waals surface area (Å²) in [5.74, 6) is 0. The van der Waals surface area contributed by atoms with Crippen LogP contribution in [0.25, 0.3) is 0 Å². The molecule has 0 aromatic heterocycles. The summed E-state index contributed by atoms with van der Waals surface area (Å²) in [6.07, 6.45) is 3.33. The van der Waals surface area contributed by atoms with Crippen molar-refractivity contribution in [2.75, 3.05) is 0 Å². The predicted molar refractivity (Wildman–Crippen MR) is 91.4 cm³/mol. The molecule has 2 heterocycles. The second-order valence-electron chi connectivity index (χ2n) is 8.08. The SMILES string of the molecule is CC(C)OC(C)(C)C12CCC(C)(O1)C(OCc1ccccc1)C2. The molecule has 0 amide bonds. The van der Waals surface area contributed by atoms with Gasteiger partial charge in [-0.2, -0.15) is 0 Å². The third-order valence-electron chi connectivity index (χ3n) is 5.57. The van der Waals surface area contributed by atoms with Gasteiger partial charge in [0.2, 0.25) is 0 Å². The van der Waals surface area contributed by atoms with Crippen LogP contribution >= 0.6 is 0 Å². The van der Waals surface area contributed by atoms with Crippen LogP contribution < -0.4 is 0 Å². The Balaban J connectivity index is 1.71. The van der Waals surface area contributed by atoms with E-state index < -0.39 is 0 Å². The smallest absolute Gasteiger partial charge is 0.100 e. The molecule has 0 N–H and O–H groups in total. The molecule has 3 heteroatoms. The highest BCUT2D eigenvalue weighted by molar-refractivity contribution is 5.17. The minimum absolute atomic E-state index is 0.131. The number of fused-ring (bicyclic) bond motifs is 2. The van der Waals surface area contributed by atoms with E-state index in [4.69, 9.17) is 14.2 Å². The molecule has 2 saturated heterocycles. The van der Waals surface area contributed by atoms with Crippen molar-refractivity contribution in [3.8, 4) is 0 Å². The highest BCUT2D eigenvalue weighted by Gasteiger charge is 2.65. The van der Waals surface area contributed by atoms with Crippen LogP contribution in [0.1, 0.15) is 59.4 Å². The molecule has 1 aromatic carbocycles. The molecular formula is C20H30O3. The van der Waals surface area contributed by atoms with Crippen molar-refractivity contribution in [3.05, 3.63) is 35.9 Å². The molecule has 0 saturated carbocycles. The van der Waals surface area contributed by atoms with Crippen molar-refractivity contribution in [2.45, 2.75) is 89.5 Å². The zero-order valence-electron chi connectivity index (χ0n) is 15.1. The monoisotopic (exact) mass is 318 g/mol. The third-order valence-corrected chi connectivity index (χ3v) is 5.57. The topological polar surface area (TPSA) is 27.7 Å². The van der Waals surface area contributed by atoms with Crippen molar-refractivity contribution in [2.24, 2.45) is 0 Å². The second-order valence-corrected chi connectivity index (χ2v) is 8.08. The predicted octanol–water partition coefficient (Wildman–Crippen LogP) is 4.49. The molecule has 1 aromatic rings. The van der Waals surface area contributed by atoms with Gasteiger partial charge in [0.05, 0.1) is 30.0 Å². The van der Waals surface area contributed by atoms with E-state index in [0.717, 1.165) is 19.3 Å². The van der Waals surface area contributed by atoms with Gasteiger partial charge in [0, 0.05) is 6.42 Å². The van der Waals surface area contributed by atoms with Crippen molar-refractivity contribution in [1.29, 1.82) is 0 Å². The summed E-state index contributed by atoms with van der Waals surface area (Å²) in [6, 6.07) is 10.4. The van der Waals surface area contributed by atoms with Gasteiger partial charge in [0.15, 0.2) is 0 Å². The van der Waals surface area contributed by atoms with Crippen LogP contribution in [0.5, 0.6) is 0 Å². The zero-order chi connectivity index (χ0) is 16.7. The summed E-state index contributed by atoms with van der Waals surface area (Å²) in [7, 11) is 0. The molecule has 3 atom stereocenters. The molecule has 23 heavy (non-hydrogen) atoms. The van der Waals surface area contributed by atoms with Gasteiger partial charge < -0.3 is 14.2 Å². The first-order valence-electron chi connectivity index (χ1n) is 8.80. The van der Waals surface area contributed by atoms with Crippen LogP contribution in [0.15, 0.2) is 30.3 Å². The van der Waals surface area contributed by atoms with E-state index in [0.29, 0.717) is 6.61 Å². The Morgan fingerprint density at radius 1 is 1.22 bits per heavy atom. The lowest BCUT2D eigenvalue weighted by molar-refractivity contribution is -0.192. The maximum atomic E-state index is 6.56. The van der Waals surface area contributed by atoms with E-state index in [9.17, 15) is 0 Å². The summed E-state index contributed by atoms with van der Waals surface area (Å²) >= 11 is 0. The van der Waals surface area contributed by atoms with Crippen molar-refractivity contribution >= 4 is 0 Å². The lowest BCUT2D eigenvalue weighted by Crippen LogP contribution is -2.52. The average molecular weight is 318 g/mol. The Morgan fingerprint density at radius 3 is 2.57 bits per heavy atom. The highest BCUT2D eigenvalue weighted by Crippen LogP contribution is 2.57. The van der Waals surface area contributed by atoms with Gasteiger partial charge in [0.1, 0.15) is 5.60 Å². The minimum Gasteiger partial charge on any atom is -0.370 e. The molecule has 0 radical (unpaired) electrons. The fourth-order valence-corrected chi connectivity index (χ4v) is 4.26. The van der Waals surface area contributed by atoms with E-state index in [1.807, 2.05) is 6.07 Å². The molecule has 2 aliphatic heterocycles. The molecule has 3 rings (SSSR count). The molecule has 3 nitrogen and oxygen atoms in total. The first-order chi connectivity index (χ1) is 10.8. The van der Waals surface area contributed by atoms with E-state index in [1.165, 1.54) is 5.56 Å². The maximum Gasteiger partial charge on any atom is 0.100 e. The normalized spacial score (nSPS) is 33.6. The van der Waals surface area contributed by atoms with Crippen LogP contribution in [0.4, 0.5) is 0 Å². The molecule has 2 bridgehead atoms. The van der Waals surface area contributed by atoms with Gasteiger partial charge in [0.25, 0.3) is 0 Å². The van der Waals surface area contributed by atoms with E-state index in [1.54, 1.807) is 0 Å². The van der Waals surface area contributed by atoms with Crippen LogP contribution in [-0.4, -0.2) is 29.0 Å². The molecule has 0 spiro atoms. The molecule has 2 fully saturated rings. The molecular weight excluding hydrogens is 288 g/mol. The Morgan fingerprint density at radius 2 is 1.91 bits per heavy atom. The summed E-state index contributed by atoms with van der Waals surface area (Å²) in [5.41, 5.74) is 0.495. The lowest BCUT2D eigenvalue weighted by atomic mass is 9.73. The molecule has 3 unspecified atom stereocenters. The number of hydrogen-bond acceptors (Lipinski definition) is 3. The van der Waals surface area contributed by atoms with Crippen molar-refractivity contribution in [1.82, 2.24) is 0 Å². The highest BCUT2D eigenvalue weighted by atomic mass is 16.6. The number of rotatable bonds is 6. The van der Waals surface area contributed by atoms with E-state index in [2.05, 4.69) is 58.9 Å². The number of benzene rings is 1. The summed E-state index contributed by atoms with van der Waals surface area (Å²) in [5, 5.41) is 0.